The summed E-state index contributed by atoms with van der Waals surface area (Å²) in [7, 11) is -0.956. The molecule has 0 bridgehead atoms. The Hall–Kier alpha value is -1.74. The number of carbonyl (C=O) groups excluding carboxylic acids is 1. The molecular formula is C15H19F2N3O3S. The van der Waals surface area contributed by atoms with E-state index in [1.165, 1.54) is 32.3 Å². The fraction of sp³-hybridized carbons (Fsp3) is 0.533. The second-order valence-corrected chi connectivity index (χ2v) is 8.08. The number of hydrogen-bond donors (Lipinski definition) is 3. The average Bonchev–Trinajstić information content (AvgIpc) is 2.91. The van der Waals surface area contributed by atoms with E-state index in [2.05, 4.69) is 15.4 Å². The van der Waals surface area contributed by atoms with E-state index in [1.807, 2.05) is 0 Å². The van der Waals surface area contributed by atoms with E-state index < -0.39 is 33.7 Å². The highest BCUT2D eigenvalue weighted by Crippen LogP contribution is 2.64. The van der Waals surface area contributed by atoms with Crippen molar-refractivity contribution >= 4 is 21.6 Å². The molecule has 3 N–H and O–H groups in total. The molecule has 132 valence electrons. The van der Waals surface area contributed by atoms with Gasteiger partial charge in [-0.15, -0.1) is 0 Å². The van der Waals surface area contributed by atoms with Crippen LogP contribution in [0, 0.1) is 11.8 Å². The van der Waals surface area contributed by atoms with Crippen molar-refractivity contribution in [3.63, 3.8) is 0 Å². The van der Waals surface area contributed by atoms with Crippen LogP contribution < -0.4 is 15.4 Å². The summed E-state index contributed by atoms with van der Waals surface area (Å²) in [4.78, 5) is 12.0. The SMILES string of the molecule is CNC(=O)c1cc(S(=O)(=O)NC)ccc1NC1CC2C(C1)C2(F)F. The van der Waals surface area contributed by atoms with Gasteiger partial charge in [-0.3, -0.25) is 4.79 Å². The van der Waals surface area contributed by atoms with Crippen LogP contribution in [0.5, 0.6) is 0 Å². The largest absolute Gasteiger partial charge is 0.382 e. The molecule has 0 aliphatic heterocycles. The molecule has 1 aromatic carbocycles. The number of anilines is 1. The Morgan fingerprint density at radius 1 is 1.21 bits per heavy atom. The number of halogens is 2. The van der Waals surface area contributed by atoms with Gasteiger partial charge in [-0.1, -0.05) is 0 Å². The lowest BCUT2D eigenvalue weighted by molar-refractivity contribution is 0.0709. The fourth-order valence-corrected chi connectivity index (χ4v) is 4.16. The maximum atomic E-state index is 13.3. The summed E-state index contributed by atoms with van der Waals surface area (Å²) in [5, 5.41) is 5.57. The van der Waals surface area contributed by atoms with Gasteiger partial charge in [0.25, 0.3) is 11.8 Å². The van der Waals surface area contributed by atoms with Gasteiger partial charge >= 0.3 is 0 Å². The average molecular weight is 359 g/mol. The number of benzene rings is 1. The van der Waals surface area contributed by atoms with Gasteiger partial charge in [0.1, 0.15) is 0 Å². The third-order valence-corrected chi connectivity index (χ3v) is 6.26. The van der Waals surface area contributed by atoms with Crippen molar-refractivity contribution in [2.75, 3.05) is 19.4 Å². The number of fused-ring (bicyclic) bond motifs is 1. The van der Waals surface area contributed by atoms with Crippen LogP contribution in [0.2, 0.25) is 0 Å². The molecule has 2 aliphatic carbocycles. The van der Waals surface area contributed by atoms with Gasteiger partial charge in [-0.05, 0) is 38.1 Å². The van der Waals surface area contributed by atoms with Gasteiger partial charge in [0.05, 0.1) is 10.5 Å². The molecule has 0 heterocycles. The summed E-state index contributed by atoms with van der Waals surface area (Å²) in [6.45, 7) is 0. The first-order chi connectivity index (χ1) is 11.2. The molecule has 0 spiro atoms. The summed E-state index contributed by atoms with van der Waals surface area (Å²) >= 11 is 0. The van der Waals surface area contributed by atoms with Gasteiger partial charge in [-0.2, -0.15) is 0 Å². The molecule has 2 atom stereocenters. The molecule has 1 aromatic rings. The lowest BCUT2D eigenvalue weighted by Gasteiger charge is -2.20. The molecule has 24 heavy (non-hydrogen) atoms. The minimum atomic E-state index is -3.68. The maximum absolute atomic E-state index is 13.3. The molecule has 2 aliphatic rings. The lowest BCUT2D eigenvalue weighted by Crippen LogP contribution is -2.26. The van der Waals surface area contributed by atoms with Crippen molar-refractivity contribution in [1.29, 1.82) is 0 Å². The number of alkyl halides is 2. The monoisotopic (exact) mass is 359 g/mol. The van der Waals surface area contributed by atoms with Crippen LogP contribution in [-0.4, -0.2) is 40.4 Å². The van der Waals surface area contributed by atoms with E-state index in [4.69, 9.17) is 0 Å². The van der Waals surface area contributed by atoms with Crippen LogP contribution in [-0.2, 0) is 10.0 Å². The van der Waals surface area contributed by atoms with Crippen LogP contribution in [0.15, 0.2) is 23.1 Å². The third kappa shape index (κ3) is 2.75. The summed E-state index contributed by atoms with van der Waals surface area (Å²) < 4.78 is 52.5. The fourth-order valence-electron chi connectivity index (χ4n) is 3.41. The van der Waals surface area contributed by atoms with E-state index in [0.717, 1.165) is 0 Å². The van der Waals surface area contributed by atoms with E-state index in [-0.39, 0.29) is 16.5 Å². The number of sulfonamides is 1. The lowest BCUT2D eigenvalue weighted by atomic mass is 10.1. The van der Waals surface area contributed by atoms with Crippen molar-refractivity contribution < 1.29 is 22.0 Å². The van der Waals surface area contributed by atoms with Crippen LogP contribution in [0.3, 0.4) is 0 Å². The summed E-state index contributed by atoms with van der Waals surface area (Å²) in [5.74, 6) is -4.16. The molecule has 2 unspecified atom stereocenters. The topological polar surface area (TPSA) is 87.3 Å². The van der Waals surface area contributed by atoms with Crippen LogP contribution in [0.1, 0.15) is 23.2 Å². The Balaban J connectivity index is 1.84. The molecule has 2 fully saturated rings. The molecule has 3 rings (SSSR count). The third-order valence-electron chi connectivity index (χ3n) is 4.84. The standard InChI is InChI=1S/C15H19F2N3O3S/c1-18-14(21)10-7-9(24(22,23)19-2)3-4-13(10)20-8-5-11-12(6-8)15(11,16)17/h3-4,7-8,11-12,19-20H,5-6H2,1-2H3,(H,18,21). The van der Waals surface area contributed by atoms with Crippen molar-refractivity contribution in [2.24, 2.45) is 11.8 Å². The Morgan fingerprint density at radius 2 is 1.83 bits per heavy atom. The first-order valence-corrected chi connectivity index (χ1v) is 9.13. The zero-order valence-electron chi connectivity index (χ0n) is 13.3. The van der Waals surface area contributed by atoms with Crippen molar-refractivity contribution in [3.8, 4) is 0 Å². The first-order valence-electron chi connectivity index (χ1n) is 7.64. The second kappa shape index (κ2) is 5.66. The Kier molecular flexibility index (Phi) is 4.03. The van der Waals surface area contributed by atoms with Crippen molar-refractivity contribution in [3.05, 3.63) is 23.8 Å². The van der Waals surface area contributed by atoms with Gasteiger partial charge in [0, 0.05) is 30.6 Å². The van der Waals surface area contributed by atoms with E-state index in [9.17, 15) is 22.0 Å². The highest BCUT2D eigenvalue weighted by molar-refractivity contribution is 7.89. The number of rotatable bonds is 5. The molecule has 0 radical (unpaired) electrons. The predicted molar refractivity (Wildman–Crippen MR) is 84.6 cm³/mol. The van der Waals surface area contributed by atoms with Gasteiger partial charge < -0.3 is 10.6 Å². The Bertz CT molecular complexity index is 768. The number of carbonyl (C=O) groups is 1. The predicted octanol–water partition coefficient (Wildman–Crippen LogP) is 1.41. The Labute approximate surface area is 139 Å². The van der Waals surface area contributed by atoms with Crippen LogP contribution in [0.4, 0.5) is 14.5 Å². The minimum absolute atomic E-state index is 0.0325. The van der Waals surface area contributed by atoms with E-state index >= 15 is 0 Å². The molecule has 0 saturated heterocycles. The quantitative estimate of drug-likeness (QED) is 0.742. The van der Waals surface area contributed by atoms with E-state index in [0.29, 0.717) is 18.5 Å². The smallest absolute Gasteiger partial charge is 0.254 e. The van der Waals surface area contributed by atoms with Gasteiger partial charge in [-0.25, -0.2) is 21.9 Å². The van der Waals surface area contributed by atoms with Crippen molar-refractivity contribution in [2.45, 2.75) is 29.7 Å². The maximum Gasteiger partial charge on any atom is 0.254 e. The zero-order chi connectivity index (χ0) is 17.7. The van der Waals surface area contributed by atoms with Crippen molar-refractivity contribution in [1.82, 2.24) is 10.0 Å². The molecule has 0 aromatic heterocycles. The number of nitrogens with one attached hydrogen (secondary N) is 3. The Morgan fingerprint density at radius 3 is 2.38 bits per heavy atom. The summed E-state index contributed by atoms with van der Waals surface area (Å²) in [6, 6.07) is 4.01. The highest BCUT2D eigenvalue weighted by atomic mass is 32.2. The molecule has 1 amide bonds. The summed E-state index contributed by atoms with van der Waals surface area (Å²) in [6.07, 6.45) is 0.697. The molecule has 9 heteroatoms. The van der Waals surface area contributed by atoms with E-state index in [1.54, 1.807) is 0 Å². The molecule has 2 saturated carbocycles. The number of hydrogen-bond acceptors (Lipinski definition) is 4. The molecule has 6 nitrogen and oxygen atoms in total. The normalized spacial score (nSPS) is 27.4. The zero-order valence-corrected chi connectivity index (χ0v) is 14.1. The van der Waals surface area contributed by atoms with Crippen LogP contribution in [0.25, 0.3) is 0 Å². The minimum Gasteiger partial charge on any atom is -0.382 e. The first kappa shape index (κ1) is 17.1. The molecular weight excluding hydrogens is 340 g/mol. The van der Waals surface area contributed by atoms with Crippen LogP contribution >= 0.6 is 0 Å². The van der Waals surface area contributed by atoms with Gasteiger partial charge in [0.15, 0.2) is 0 Å². The number of amides is 1. The summed E-state index contributed by atoms with van der Waals surface area (Å²) in [5.41, 5.74) is 0.611. The van der Waals surface area contributed by atoms with Gasteiger partial charge in [0.2, 0.25) is 10.0 Å². The second-order valence-electron chi connectivity index (χ2n) is 6.19. The highest BCUT2D eigenvalue weighted by Gasteiger charge is 2.71.